The van der Waals surface area contributed by atoms with Gasteiger partial charge < -0.3 is 9.64 Å². The van der Waals surface area contributed by atoms with Crippen molar-refractivity contribution in [3.05, 3.63) is 48.7 Å². The second kappa shape index (κ2) is 4.32. The van der Waals surface area contributed by atoms with Crippen molar-refractivity contribution in [2.24, 2.45) is 0 Å². The third-order valence-corrected chi connectivity index (χ3v) is 2.46. The molecule has 0 amide bonds. The third kappa shape index (κ3) is 1.81. The van der Waals surface area contributed by atoms with Crippen LogP contribution < -0.4 is 4.90 Å². The van der Waals surface area contributed by atoms with Crippen molar-refractivity contribution in [3.8, 4) is 0 Å². The lowest BCUT2D eigenvalue weighted by Crippen LogP contribution is -2.33. The fourth-order valence-electron chi connectivity index (χ4n) is 1.79. The van der Waals surface area contributed by atoms with E-state index in [4.69, 9.17) is 4.74 Å². The van der Waals surface area contributed by atoms with Crippen LogP contribution in [0.4, 0.5) is 5.69 Å². The smallest absolute Gasteiger partial charge is 0.153 e. The number of rotatable bonds is 3. The van der Waals surface area contributed by atoms with Crippen LogP contribution in [0.15, 0.2) is 43.1 Å². The number of ether oxygens (including phenoxy) is 1. The van der Waals surface area contributed by atoms with Gasteiger partial charge in [0.1, 0.15) is 0 Å². The summed E-state index contributed by atoms with van der Waals surface area (Å²) in [7, 11) is 0. The average molecular weight is 201 g/mol. The quantitative estimate of drug-likeness (QED) is 0.745. The Balaban J connectivity index is 2.37. The molecule has 15 heavy (non-hydrogen) atoms. The normalized spacial score (nSPS) is 18.7. The molecule has 0 saturated heterocycles. The fourth-order valence-corrected chi connectivity index (χ4v) is 1.79. The second-order valence-electron chi connectivity index (χ2n) is 3.35. The molecule has 0 aliphatic carbocycles. The molecule has 0 N–H and O–H groups in total. The first-order valence-electron chi connectivity index (χ1n) is 5.16. The molecule has 1 heterocycles. The lowest BCUT2D eigenvalue weighted by molar-refractivity contribution is 0.0997. The Hall–Kier alpha value is -1.54. The van der Waals surface area contributed by atoms with Gasteiger partial charge in [0.25, 0.3) is 0 Å². The maximum Gasteiger partial charge on any atom is 0.153 e. The van der Waals surface area contributed by atoms with Gasteiger partial charge in [-0.05, 0) is 30.8 Å². The van der Waals surface area contributed by atoms with E-state index in [9.17, 15) is 0 Å². The summed E-state index contributed by atoms with van der Waals surface area (Å²) >= 11 is 0. The predicted molar refractivity (Wildman–Crippen MR) is 63.6 cm³/mol. The third-order valence-electron chi connectivity index (χ3n) is 2.46. The first-order valence-corrected chi connectivity index (χ1v) is 5.16. The largest absolute Gasteiger partial charge is 0.355 e. The van der Waals surface area contributed by atoms with Crippen LogP contribution in [0.25, 0.3) is 6.08 Å². The summed E-state index contributed by atoms with van der Waals surface area (Å²) in [6, 6.07) is 8.22. The molecular formula is C13H15NO. The van der Waals surface area contributed by atoms with Crippen LogP contribution in [0, 0.1) is 0 Å². The molecule has 0 radical (unpaired) electrons. The van der Waals surface area contributed by atoms with Crippen LogP contribution in [0.1, 0.15) is 12.5 Å². The molecule has 1 aromatic rings. The molecule has 0 saturated carbocycles. The van der Waals surface area contributed by atoms with Gasteiger partial charge >= 0.3 is 0 Å². The molecular weight excluding hydrogens is 186 g/mol. The molecule has 2 nitrogen and oxygen atoms in total. The Bertz CT molecular complexity index is 384. The van der Waals surface area contributed by atoms with Crippen molar-refractivity contribution < 1.29 is 4.74 Å². The standard InChI is InChI=1S/C13H15NO/c1-3-14-12-8-6-5-7-11(12)9-10-13(14)15-4-2/h3,5-10,13H,1,4H2,2H3. The Labute approximate surface area is 90.5 Å². The summed E-state index contributed by atoms with van der Waals surface area (Å²) < 4.78 is 5.61. The molecule has 1 atom stereocenters. The topological polar surface area (TPSA) is 12.5 Å². The molecule has 78 valence electrons. The first kappa shape index (κ1) is 9.99. The summed E-state index contributed by atoms with van der Waals surface area (Å²) in [5.41, 5.74) is 2.35. The minimum absolute atomic E-state index is 0.0256. The highest BCUT2D eigenvalue weighted by Gasteiger charge is 2.19. The van der Waals surface area contributed by atoms with Crippen molar-refractivity contribution >= 4 is 11.8 Å². The lowest BCUT2D eigenvalue weighted by Gasteiger charge is -2.32. The van der Waals surface area contributed by atoms with E-state index in [1.54, 1.807) is 0 Å². The zero-order valence-electron chi connectivity index (χ0n) is 8.89. The summed E-state index contributed by atoms with van der Waals surface area (Å²) in [4.78, 5) is 2.04. The predicted octanol–water partition coefficient (Wildman–Crippen LogP) is 3.03. The molecule has 0 aromatic heterocycles. The molecule has 1 unspecified atom stereocenters. The summed E-state index contributed by atoms with van der Waals surface area (Å²) in [5, 5.41) is 0. The van der Waals surface area contributed by atoms with Gasteiger partial charge in [-0.3, -0.25) is 0 Å². The van der Waals surface area contributed by atoms with Gasteiger partial charge in [0, 0.05) is 6.61 Å². The number of benzene rings is 1. The first-order chi connectivity index (χ1) is 7.36. The Morgan fingerprint density at radius 3 is 3.00 bits per heavy atom. The molecule has 0 fully saturated rings. The van der Waals surface area contributed by atoms with Gasteiger partial charge in [-0.1, -0.05) is 30.9 Å². The second-order valence-corrected chi connectivity index (χ2v) is 3.35. The van der Waals surface area contributed by atoms with E-state index in [1.807, 2.05) is 36.2 Å². The molecule has 2 heteroatoms. The maximum absolute atomic E-state index is 5.61. The zero-order chi connectivity index (χ0) is 10.7. The van der Waals surface area contributed by atoms with Crippen LogP contribution in [-0.4, -0.2) is 12.8 Å². The maximum atomic E-state index is 5.61. The van der Waals surface area contributed by atoms with Gasteiger partial charge in [0.15, 0.2) is 6.23 Å². The number of hydrogen-bond acceptors (Lipinski definition) is 2. The van der Waals surface area contributed by atoms with Crippen LogP contribution in [0.2, 0.25) is 0 Å². The number of fused-ring (bicyclic) bond motifs is 1. The highest BCUT2D eigenvalue weighted by Crippen LogP contribution is 2.29. The van der Waals surface area contributed by atoms with Crippen LogP contribution in [-0.2, 0) is 4.74 Å². The molecule has 0 bridgehead atoms. The fraction of sp³-hybridized carbons (Fsp3) is 0.231. The number of hydrogen-bond donors (Lipinski definition) is 0. The number of nitrogens with zero attached hydrogens (tertiary/aromatic N) is 1. The monoisotopic (exact) mass is 201 g/mol. The zero-order valence-corrected chi connectivity index (χ0v) is 8.89. The lowest BCUT2D eigenvalue weighted by atomic mass is 10.1. The minimum Gasteiger partial charge on any atom is -0.355 e. The van der Waals surface area contributed by atoms with Crippen molar-refractivity contribution in [2.75, 3.05) is 11.5 Å². The number of anilines is 1. The Kier molecular flexibility index (Phi) is 2.88. The molecule has 1 aromatic carbocycles. The molecule has 0 spiro atoms. The van der Waals surface area contributed by atoms with E-state index >= 15 is 0 Å². The van der Waals surface area contributed by atoms with Crippen LogP contribution in [0.3, 0.4) is 0 Å². The van der Waals surface area contributed by atoms with Gasteiger partial charge in [-0.2, -0.15) is 0 Å². The SMILES string of the molecule is C=CN1c2ccccc2C=CC1OCC. The van der Waals surface area contributed by atoms with Crippen molar-refractivity contribution in [3.63, 3.8) is 0 Å². The van der Waals surface area contributed by atoms with Gasteiger partial charge in [-0.15, -0.1) is 0 Å². The highest BCUT2D eigenvalue weighted by molar-refractivity contribution is 5.72. The Morgan fingerprint density at radius 1 is 1.47 bits per heavy atom. The molecule has 1 aliphatic rings. The van der Waals surface area contributed by atoms with E-state index in [2.05, 4.69) is 24.8 Å². The van der Waals surface area contributed by atoms with E-state index in [1.165, 1.54) is 5.56 Å². The van der Waals surface area contributed by atoms with Gasteiger partial charge in [0.05, 0.1) is 5.69 Å². The Morgan fingerprint density at radius 2 is 2.27 bits per heavy atom. The minimum atomic E-state index is -0.0256. The van der Waals surface area contributed by atoms with E-state index < -0.39 is 0 Å². The van der Waals surface area contributed by atoms with Crippen LogP contribution >= 0.6 is 0 Å². The average Bonchev–Trinajstić information content (AvgIpc) is 2.29. The molecule has 1 aliphatic heterocycles. The van der Waals surface area contributed by atoms with Crippen molar-refractivity contribution in [1.29, 1.82) is 0 Å². The number of para-hydroxylation sites is 1. The van der Waals surface area contributed by atoms with Crippen molar-refractivity contribution in [1.82, 2.24) is 0 Å². The van der Waals surface area contributed by atoms with E-state index in [0.29, 0.717) is 6.61 Å². The highest BCUT2D eigenvalue weighted by atomic mass is 16.5. The van der Waals surface area contributed by atoms with E-state index in [0.717, 1.165) is 5.69 Å². The van der Waals surface area contributed by atoms with E-state index in [-0.39, 0.29) is 6.23 Å². The van der Waals surface area contributed by atoms with Gasteiger partial charge in [0.2, 0.25) is 0 Å². The van der Waals surface area contributed by atoms with Crippen molar-refractivity contribution in [2.45, 2.75) is 13.2 Å². The molecule has 2 rings (SSSR count). The summed E-state index contributed by atoms with van der Waals surface area (Å²) in [6.07, 6.45) is 5.92. The summed E-state index contributed by atoms with van der Waals surface area (Å²) in [6.45, 7) is 6.52. The summed E-state index contributed by atoms with van der Waals surface area (Å²) in [5.74, 6) is 0. The van der Waals surface area contributed by atoms with Crippen LogP contribution in [0.5, 0.6) is 0 Å². The van der Waals surface area contributed by atoms with Gasteiger partial charge in [-0.25, -0.2) is 0 Å².